The normalized spacial score (nSPS) is 14.5. The van der Waals surface area contributed by atoms with Crippen molar-refractivity contribution in [1.29, 1.82) is 0 Å². The number of piperidine rings is 1. The van der Waals surface area contributed by atoms with Crippen LogP contribution in [0.2, 0.25) is 0 Å². The van der Waals surface area contributed by atoms with Crippen LogP contribution in [0.25, 0.3) is 5.69 Å². The number of alkyl halides is 3. The molecular weight excluding hydrogens is 461 g/mol. The second-order valence-corrected chi connectivity index (χ2v) is 8.22. The van der Waals surface area contributed by atoms with E-state index in [1.165, 1.54) is 12.1 Å². The van der Waals surface area contributed by atoms with Crippen molar-refractivity contribution in [3.63, 3.8) is 0 Å². The topological polar surface area (TPSA) is 120 Å². The summed E-state index contributed by atoms with van der Waals surface area (Å²) in [7, 11) is 0. The Morgan fingerprint density at radius 3 is 2.23 bits per heavy atom. The number of benzene rings is 2. The minimum atomic E-state index is -4.66. The quantitative estimate of drug-likeness (QED) is 0.435. The molecule has 0 radical (unpaired) electrons. The molecular formula is C24H23F3N6O2. The molecule has 1 saturated heterocycles. The van der Waals surface area contributed by atoms with Crippen LogP contribution in [0.3, 0.4) is 0 Å². The summed E-state index contributed by atoms with van der Waals surface area (Å²) in [5.74, 6) is -2.05. The summed E-state index contributed by atoms with van der Waals surface area (Å²) in [6, 6.07) is 10.4. The van der Waals surface area contributed by atoms with Crippen LogP contribution in [0.1, 0.15) is 50.6 Å². The van der Waals surface area contributed by atoms with Gasteiger partial charge in [0.15, 0.2) is 5.96 Å². The van der Waals surface area contributed by atoms with Crippen LogP contribution in [0.5, 0.6) is 0 Å². The highest BCUT2D eigenvalue weighted by Crippen LogP contribution is 2.39. The summed E-state index contributed by atoms with van der Waals surface area (Å²) in [5.41, 5.74) is 10.6. The Labute approximate surface area is 199 Å². The number of hydrogen-bond donors (Lipinski definition) is 2. The average molecular weight is 484 g/mol. The van der Waals surface area contributed by atoms with E-state index >= 15 is 0 Å². The van der Waals surface area contributed by atoms with Gasteiger partial charge >= 0.3 is 6.18 Å². The largest absolute Gasteiger partial charge is 0.416 e. The standard InChI is InChI=1S/C24H23F3N6O2/c25-24(26,27)20-13-17(21(34)31-23(28)29)3-6-19(20)15-7-10-32(11-8-15)22(35)16-1-4-18(5-2-16)33-12-9-30-14-33/h1-6,9,12-15H,7-8,10-11H2,(H4,28,29,31,34). The van der Waals surface area contributed by atoms with E-state index in [9.17, 15) is 22.8 Å². The number of hydrogen-bond acceptors (Lipinski definition) is 3. The first-order valence-corrected chi connectivity index (χ1v) is 10.9. The van der Waals surface area contributed by atoms with E-state index < -0.39 is 29.5 Å². The molecule has 1 aromatic heterocycles. The molecule has 0 spiro atoms. The lowest BCUT2D eigenvalue weighted by atomic mass is 9.85. The van der Waals surface area contributed by atoms with E-state index in [0.717, 1.165) is 11.8 Å². The molecule has 0 atom stereocenters. The Bertz CT molecular complexity index is 1240. The third kappa shape index (κ3) is 5.34. The number of rotatable bonds is 4. The van der Waals surface area contributed by atoms with E-state index in [0.29, 0.717) is 31.5 Å². The maximum atomic E-state index is 13.8. The predicted molar refractivity (Wildman–Crippen MR) is 123 cm³/mol. The minimum Gasteiger partial charge on any atom is -0.370 e. The summed E-state index contributed by atoms with van der Waals surface area (Å²) in [5, 5.41) is 0. The maximum absolute atomic E-state index is 13.8. The van der Waals surface area contributed by atoms with Gasteiger partial charge in [0.25, 0.3) is 11.8 Å². The van der Waals surface area contributed by atoms with Crippen LogP contribution in [0, 0.1) is 0 Å². The molecule has 35 heavy (non-hydrogen) atoms. The summed E-state index contributed by atoms with van der Waals surface area (Å²) in [4.78, 5) is 33.9. The number of aliphatic imine (C=N–C) groups is 1. The van der Waals surface area contributed by atoms with Gasteiger partial charge in [-0.2, -0.15) is 18.2 Å². The zero-order valence-corrected chi connectivity index (χ0v) is 18.6. The second kappa shape index (κ2) is 9.61. The van der Waals surface area contributed by atoms with Gasteiger partial charge in [-0.15, -0.1) is 0 Å². The fourth-order valence-electron chi connectivity index (χ4n) is 4.24. The van der Waals surface area contributed by atoms with Crippen LogP contribution in [0.4, 0.5) is 13.2 Å². The van der Waals surface area contributed by atoms with Crippen molar-refractivity contribution in [3.05, 3.63) is 83.4 Å². The molecule has 11 heteroatoms. The number of carbonyl (C=O) groups excluding carboxylic acids is 2. The molecule has 3 aromatic rings. The summed E-state index contributed by atoms with van der Waals surface area (Å²) >= 11 is 0. The lowest BCUT2D eigenvalue weighted by Crippen LogP contribution is -2.38. The van der Waals surface area contributed by atoms with Crippen LogP contribution in [-0.2, 0) is 6.18 Å². The molecule has 8 nitrogen and oxygen atoms in total. The number of likely N-dealkylation sites (tertiary alicyclic amines) is 1. The Balaban J connectivity index is 1.47. The van der Waals surface area contributed by atoms with Gasteiger partial charge in [0, 0.05) is 42.3 Å². The van der Waals surface area contributed by atoms with Crippen molar-refractivity contribution in [2.45, 2.75) is 24.9 Å². The number of imidazole rings is 1. The molecule has 0 saturated carbocycles. The fourth-order valence-corrected chi connectivity index (χ4v) is 4.24. The van der Waals surface area contributed by atoms with Crippen molar-refractivity contribution >= 4 is 17.8 Å². The van der Waals surface area contributed by atoms with Gasteiger partial charge < -0.3 is 20.9 Å². The third-order valence-electron chi connectivity index (χ3n) is 5.98. The molecule has 0 aliphatic carbocycles. The van der Waals surface area contributed by atoms with Crippen molar-refractivity contribution in [2.24, 2.45) is 16.5 Å². The number of carbonyl (C=O) groups is 2. The number of amides is 2. The van der Waals surface area contributed by atoms with E-state index in [4.69, 9.17) is 11.5 Å². The van der Waals surface area contributed by atoms with Gasteiger partial charge in [-0.05, 0) is 60.7 Å². The van der Waals surface area contributed by atoms with Crippen LogP contribution >= 0.6 is 0 Å². The molecule has 1 aliphatic heterocycles. The predicted octanol–water partition coefficient (Wildman–Crippen LogP) is 3.32. The van der Waals surface area contributed by atoms with Crippen molar-refractivity contribution in [1.82, 2.24) is 14.5 Å². The molecule has 2 heterocycles. The van der Waals surface area contributed by atoms with Gasteiger partial charge in [0.05, 0.1) is 11.9 Å². The van der Waals surface area contributed by atoms with Crippen LogP contribution in [0.15, 0.2) is 66.2 Å². The molecule has 0 bridgehead atoms. The number of aromatic nitrogens is 2. The number of nitrogens with two attached hydrogens (primary N) is 2. The van der Waals surface area contributed by atoms with Gasteiger partial charge in [0.1, 0.15) is 0 Å². The Morgan fingerprint density at radius 1 is 1.00 bits per heavy atom. The monoisotopic (exact) mass is 484 g/mol. The molecule has 2 aromatic carbocycles. The number of guanidine groups is 1. The van der Waals surface area contributed by atoms with Gasteiger partial charge in [-0.3, -0.25) is 9.59 Å². The lowest BCUT2D eigenvalue weighted by molar-refractivity contribution is -0.138. The van der Waals surface area contributed by atoms with Crippen molar-refractivity contribution in [3.8, 4) is 5.69 Å². The SMILES string of the molecule is NC(N)=NC(=O)c1ccc(C2CCN(C(=O)c3ccc(-n4ccnc4)cc3)CC2)c(C(F)(F)F)c1. The van der Waals surface area contributed by atoms with Gasteiger partial charge in [-0.25, -0.2) is 4.98 Å². The van der Waals surface area contributed by atoms with E-state index in [1.54, 1.807) is 35.8 Å². The molecule has 0 unspecified atom stereocenters. The van der Waals surface area contributed by atoms with E-state index in [-0.39, 0.29) is 17.0 Å². The Hall–Kier alpha value is -4.15. The van der Waals surface area contributed by atoms with Crippen molar-refractivity contribution < 1.29 is 22.8 Å². The van der Waals surface area contributed by atoms with Gasteiger partial charge in [0.2, 0.25) is 0 Å². The molecule has 4 rings (SSSR count). The summed E-state index contributed by atoms with van der Waals surface area (Å²) in [6.45, 7) is 0.636. The highest BCUT2D eigenvalue weighted by atomic mass is 19.4. The average Bonchev–Trinajstić information content (AvgIpc) is 3.37. The first kappa shape index (κ1) is 24.0. The smallest absolute Gasteiger partial charge is 0.370 e. The maximum Gasteiger partial charge on any atom is 0.416 e. The third-order valence-corrected chi connectivity index (χ3v) is 5.98. The molecule has 1 aliphatic rings. The Kier molecular flexibility index (Phi) is 6.59. The highest BCUT2D eigenvalue weighted by molar-refractivity contribution is 6.02. The fraction of sp³-hybridized carbons (Fsp3) is 0.250. The Morgan fingerprint density at radius 2 is 1.66 bits per heavy atom. The van der Waals surface area contributed by atoms with Crippen LogP contribution < -0.4 is 11.5 Å². The molecule has 4 N–H and O–H groups in total. The second-order valence-electron chi connectivity index (χ2n) is 8.22. The molecule has 2 amide bonds. The van der Waals surface area contributed by atoms with Crippen LogP contribution in [-0.4, -0.2) is 45.3 Å². The zero-order chi connectivity index (χ0) is 25.2. The first-order valence-electron chi connectivity index (χ1n) is 10.9. The lowest BCUT2D eigenvalue weighted by Gasteiger charge is -2.33. The minimum absolute atomic E-state index is 0.0931. The summed E-state index contributed by atoms with van der Waals surface area (Å²) in [6.07, 6.45) is 1.17. The van der Waals surface area contributed by atoms with E-state index in [2.05, 4.69) is 9.98 Å². The highest BCUT2D eigenvalue weighted by Gasteiger charge is 2.37. The van der Waals surface area contributed by atoms with Crippen molar-refractivity contribution in [2.75, 3.05) is 13.1 Å². The summed E-state index contributed by atoms with van der Waals surface area (Å²) < 4.78 is 43.2. The number of halogens is 3. The molecule has 182 valence electrons. The number of nitrogens with zero attached hydrogens (tertiary/aromatic N) is 4. The van der Waals surface area contributed by atoms with Gasteiger partial charge in [-0.1, -0.05) is 6.07 Å². The van der Waals surface area contributed by atoms with E-state index in [1.807, 2.05) is 16.7 Å². The molecule has 1 fully saturated rings. The zero-order valence-electron chi connectivity index (χ0n) is 18.6. The first-order chi connectivity index (χ1) is 16.6.